The van der Waals surface area contributed by atoms with Crippen LogP contribution in [0.2, 0.25) is 0 Å². The molecule has 0 aromatic heterocycles. The van der Waals surface area contributed by atoms with Crippen LogP contribution in [-0.2, 0) is 0 Å². The Kier molecular flexibility index (Phi) is 3.78. The fraction of sp³-hybridized carbons (Fsp3) is 1.00. The van der Waals surface area contributed by atoms with Crippen LogP contribution in [0.1, 0.15) is 59.3 Å². The van der Waals surface area contributed by atoms with Crippen LogP contribution in [0.4, 0.5) is 0 Å². The predicted octanol–water partition coefficient (Wildman–Crippen LogP) is 3.36. The van der Waals surface area contributed by atoms with Gasteiger partial charge in [-0.2, -0.15) is 0 Å². The summed E-state index contributed by atoms with van der Waals surface area (Å²) in [6, 6.07) is 0. The third-order valence-corrected chi connectivity index (χ3v) is 3.13. The largest absolute Gasteiger partial charge is 0.393 e. The molecule has 2 atom stereocenters. The monoisotopic (exact) mass is 184 g/mol. The summed E-state index contributed by atoms with van der Waals surface area (Å²) >= 11 is 0. The molecular weight excluding hydrogens is 160 g/mol. The molecule has 13 heavy (non-hydrogen) atoms. The van der Waals surface area contributed by atoms with E-state index >= 15 is 0 Å². The van der Waals surface area contributed by atoms with E-state index in [1.807, 2.05) is 0 Å². The molecule has 1 nitrogen and oxygen atoms in total. The molecule has 1 aliphatic carbocycles. The van der Waals surface area contributed by atoms with Gasteiger partial charge in [0.2, 0.25) is 0 Å². The van der Waals surface area contributed by atoms with Crippen molar-refractivity contribution in [1.29, 1.82) is 0 Å². The van der Waals surface area contributed by atoms with Crippen molar-refractivity contribution in [2.45, 2.75) is 65.4 Å². The van der Waals surface area contributed by atoms with Crippen molar-refractivity contribution in [3.05, 3.63) is 0 Å². The Morgan fingerprint density at radius 1 is 1.15 bits per heavy atom. The van der Waals surface area contributed by atoms with Crippen LogP contribution in [0.15, 0.2) is 0 Å². The van der Waals surface area contributed by atoms with Gasteiger partial charge in [-0.1, -0.05) is 33.6 Å². The quantitative estimate of drug-likeness (QED) is 0.697. The molecule has 1 N–H and O–H groups in total. The van der Waals surface area contributed by atoms with Gasteiger partial charge in [-0.25, -0.2) is 0 Å². The van der Waals surface area contributed by atoms with Crippen LogP contribution in [0.25, 0.3) is 0 Å². The summed E-state index contributed by atoms with van der Waals surface area (Å²) < 4.78 is 0. The molecule has 0 aromatic carbocycles. The highest BCUT2D eigenvalue weighted by Gasteiger charge is 2.24. The Balaban J connectivity index is 2.27. The van der Waals surface area contributed by atoms with Crippen molar-refractivity contribution in [2.24, 2.45) is 11.3 Å². The van der Waals surface area contributed by atoms with E-state index in [2.05, 4.69) is 20.8 Å². The Morgan fingerprint density at radius 2 is 1.77 bits per heavy atom. The molecule has 1 heteroatoms. The average Bonchev–Trinajstić information content (AvgIpc) is 2.01. The van der Waals surface area contributed by atoms with Crippen molar-refractivity contribution >= 4 is 0 Å². The van der Waals surface area contributed by atoms with Gasteiger partial charge >= 0.3 is 0 Å². The summed E-state index contributed by atoms with van der Waals surface area (Å²) in [7, 11) is 0. The fourth-order valence-corrected chi connectivity index (χ4v) is 2.14. The predicted molar refractivity (Wildman–Crippen MR) is 56.7 cm³/mol. The molecule has 0 spiro atoms. The highest BCUT2D eigenvalue weighted by molar-refractivity contribution is 4.76. The molecule has 1 fully saturated rings. The standard InChI is InChI=1S/C12H24O/c1-12(2,3)9-8-10-6-4-5-7-11(10)13/h10-11,13H,4-9H2,1-3H3/t10-,11+/m0/s1. The molecule has 1 rings (SSSR count). The van der Waals surface area contributed by atoms with E-state index in [9.17, 15) is 5.11 Å². The summed E-state index contributed by atoms with van der Waals surface area (Å²) in [5.41, 5.74) is 0.428. The zero-order valence-corrected chi connectivity index (χ0v) is 9.34. The smallest absolute Gasteiger partial charge is 0.0568 e. The first-order valence-corrected chi connectivity index (χ1v) is 5.67. The number of aliphatic hydroxyl groups excluding tert-OH is 1. The van der Waals surface area contributed by atoms with Crippen molar-refractivity contribution in [3.8, 4) is 0 Å². The van der Waals surface area contributed by atoms with Crippen LogP contribution >= 0.6 is 0 Å². The van der Waals surface area contributed by atoms with Gasteiger partial charge in [0.15, 0.2) is 0 Å². The first-order valence-electron chi connectivity index (χ1n) is 5.67. The molecule has 0 aromatic rings. The minimum atomic E-state index is -0.00361. The molecule has 0 aliphatic heterocycles. The van der Waals surface area contributed by atoms with E-state index in [4.69, 9.17) is 0 Å². The van der Waals surface area contributed by atoms with Gasteiger partial charge in [-0.05, 0) is 37.0 Å². The zero-order valence-electron chi connectivity index (χ0n) is 9.34. The summed E-state index contributed by atoms with van der Waals surface area (Å²) in [6.07, 6.45) is 7.29. The van der Waals surface area contributed by atoms with E-state index in [1.165, 1.54) is 32.1 Å². The van der Waals surface area contributed by atoms with Gasteiger partial charge < -0.3 is 5.11 Å². The maximum atomic E-state index is 9.77. The minimum absolute atomic E-state index is 0.00361. The summed E-state index contributed by atoms with van der Waals surface area (Å²) in [5.74, 6) is 0.591. The van der Waals surface area contributed by atoms with Gasteiger partial charge in [-0.3, -0.25) is 0 Å². The van der Waals surface area contributed by atoms with E-state index in [-0.39, 0.29) is 6.10 Å². The Hall–Kier alpha value is -0.0400. The van der Waals surface area contributed by atoms with Crippen molar-refractivity contribution in [1.82, 2.24) is 0 Å². The lowest BCUT2D eigenvalue weighted by Crippen LogP contribution is -2.25. The molecule has 0 unspecified atom stereocenters. The molecule has 1 saturated carbocycles. The number of rotatable bonds is 2. The van der Waals surface area contributed by atoms with E-state index in [0.29, 0.717) is 11.3 Å². The fourth-order valence-electron chi connectivity index (χ4n) is 2.14. The normalized spacial score (nSPS) is 30.5. The lowest BCUT2D eigenvalue weighted by atomic mass is 9.79. The van der Waals surface area contributed by atoms with Gasteiger partial charge in [-0.15, -0.1) is 0 Å². The van der Waals surface area contributed by atoms with Crippen molar-refractivity contribution in [3.63, 3.8) is 0 Å². The summed E-state index contributed by atoms with van der Waals surface area (Å²) in [6.45, 7) is 6.84. The third-order valence-electron chi connectivity index (χ3n) is 3.13. The Bertz CT molecular complexity index is 146. The second-order valence-corrected chi connectivity index (χ2v) is 5.71. The van der Waals surface area contributed by atoms with Crippen LogP contribution in [0, 0.1) is 11.3 Å². The molecule has 0 amide bonds. The molecule has 78 valence electrons. The first-order chi connectivity index (χ1) is 5.99. The number of hydrogen-bond acceptors (Lipinski definition) is 1. The lowest BCUT2D eigenvalue weighted by Gasteiger charge is -2.30. The van der Waals surface area contributed by atoms with Gasteiger partial charge in [0.1, 0.15) is 0 Å². The third kappa shape index (κ3) is 4.12. The molecule has 0 heterocycles. The van der Waals surface area contributed by atoms with Crippen LogP contribution < -0.4 is 0 Å². The lowest BCUT2D eigenvalue weighted by molar-refractivity contribution is 0.0591. The number of hydrogen-bond donors (Lipinski definition) is 1. The highest BCUT2D eigenvalue weighted by Crippen LogP contribution is 2.32. The second kappa shape index (κ2) is 4.45. The van der Waals surface area contributed by atoms with Crippen molar-refractivity contribution < 1.29 is 5.11 Å². The minimum Gasteiger partial charge on any atom is -0.393 e. The summed E-state index contributed by atoms with van der Waals surface area (Å²) in [5, 5.41) is 9.77. The van der Waals surface area contributed by atoms with Gasteiger partial charge in [0.25, 0.3) is 0 Å². The van der Waals surface area contributed by atoms with E-state index in [0.717, 1.165) is 6.42 Å². The molecule has 0 bridgehead atoms. The van der Waals surface area contributed by atoms with E-state index < -0.39 is 0 Å². The van der Waals surface area contributed by atoms with Crippen LogP contribution in [0.3, 0.4) is 0 Å². The average molecular weight is 184 g/mol. The molecule has 0 radical (unpaired) electrons. The molecule has 0 saturated heterocycles. The van der Waals surface area contributed by atoms with Gasteiger partial charge in [0, 0.05) is 0 Å². The molecule has 1 aliphatic rings. The zero-order chi connectivity index (χ0) is 9.90. The van der Waals surface area contributed by atoms with Crippen LogP contribution in [-0.4, -0.2) is 11.2 Å². The Morgan fingerprint density at radius 3 is 2.31 bits per heavy atom. The topological polar surface area (TPSA) is 20.2 Å². The number of aliphatic hydroxyl groups is 1. The highest BCUT2D eigenvalue weighted by atomic mass is 16.3. The molecular formula is C12H24O. The second-order valence-electron chi connectivity index (χ2n) is 5.71. The summed E-state index contributed by atoms with van der Waals surface area (Å²) in [4.78, 5) is 0. The first kappa shape index (κ1) is 11.0. The maximum Gasteiger partial charge on any atom is 0.0568 e. The SMILES string of the molecule is CC(C)(C)CC[C@@H]1CCCC[C@H]1O. The Labute approximate surface area is 82.5 Å². The van der Waals surface area contributed by atoms with E-state index in [1.54, 1.807) is 0 Å². The van der Waals surface area contributed by atoms with Gasteiger partial charge in [0.05, 0.1) is 6.10 Å². The van der Waals surface area contributed by atoms with Crippen molar-refractivity contribution in [2.75, 3.05) is 0 Å². The van der Waals surface area contributed by atoms with Crippen LogP contribution in [0.5, 0.6) is 0 Å². The maximum absolute atomic E-state index is 9.77.